The first kappa shape index (κ1) is 15.3. The Morgan fingerprint density at radius 2 is 1.90 bits per heavy atom. The highest BCUT2D eigenvalue weighted by Gasteiger charge is 2.14. The fourth-order valence-electron chi connectivity index (χ4n) is 2.01. The highest BCUT2D eigenvalue weighted by molar-refractivity contribution is 7.89. The van der Waals surface area contributed by atoms with Gasteiger partial charge in [0.15, 0.2) is 0 Å². The summed E-state index contributed by atoms with van der Waals surface area (Å²) in [6.07, 6.45) is 3.46. The molecule has 21 heavy (non-hydrogen) atoms. The van der Waals surface area contributed by atoms with Crippen LogP contribution in [-0.4, -0.2) is 27.5 Å². The van der Waals surface area contributed by atoms with E-state index in [9.17, 15) is 8.42 Å². The molecule has 0 spiro atoms. The fraction of sp³-hybridized carbons (Fsp3) is 0.214. The van der Waals surface area contributed by atoms with Gasteiger partial charge in [-0.15, -0.1) is 0 Å². The van der Waals surface area contributed by atoms with Crippen LogP contribution < -0.4 is 15.4 Å². The number of nitrogens with zero attached hydrogens (tertiary/aromatic N) is 2. The number of pyridine rings is 1. The Kier molecular flexibility index (Phi) is 4.44. The third-order valence-corrected chi connectivity index (χ3v) is 4.57. The van der Waals surface area contributed by atoms with Gasteiger partial charge in [0.05, 0.1) is 16.3 Å². The maximum absolute atomic E-state index is 11.7. The third-order valence-electron chi connectivity index (χ3n) is 3.16. The summed E-state index contributed by atoms with van der Waals surface area (Å²) in [4.78, 5) is 6.09. The number of aromatic nitrogens is 1. The molecule has 7 heteroatoms. The summed E-state index contributed by atoms with van der Waals surface area (Å²) in [5, 5.41) is 0. The topological polar surface area (TPSA) is 88.3 Å². The summed E-state index contributed by atoms with van der Waals surface area (Å²) >= 11 is 0. The summed E-state index contributed by atoms with van der Waals surface area (Å²) in [6, 6.07) is 8.56. The number of hydrogen-bond donors (Lipinski definition) is 2. The molecule has 6 nitrogen and oxygen atoms in total. The van der Waals surface area contributed by atoms with Gasteiger partial charge in [-0.1, -0.05) is 0 Å². The molecule has 2 aromatic rings. The van der Waals surface area contributed by atoms with Gasteiger partial charge in [0.2, 0.25) is 10.0 Å². The molecule has 112 valence electrons. The molecule has 0 saturated heterocycles. The number of nitrogens with one attached hydrogen (secondary N) is 1. The lowest BCUT2D eigenvalue weighted by atomic mass is 10.2. The van der Waals surface area contributed by atoms with Crippen LogP contribution in [0.2, 0.25) is 0 Å². The molecule has 3 N–H and O–H groups in total. The van der Waals surface area contributed by atoms with E-state index in [0.717, 1.165) is 11.3 Å². The Morgan fingerprint density at radius 3 is 2.48 bits per heavy atom. The van der Waals surface area contributed by atoms with Gasteiger partial charge in [-0.05, 0) is 42.9 Å². The summed E-state index contributed by atoms with van der Waals surface area (Å²) in [5.74, 6) is 0. The van der Waals surface area contributed by atoms with E-state index in [4.69, 9.17) is 5.73 Å². The first-order valence-electron chi connectivity index (χ1n) is 6.37. The zero-order valence-electron chi connectivity index (χ0n) is 11.9. The highest BCUT2D eigenvalue weighted by atomic mass is 32.2. The average Bonchev–Trinajstić information content (AvgIpc) is 2.48. The van der Waals surface area contributed by atoms with E-state index in [1.807, 2.05) is 24.1 Å². The smallest absolute Gasteiger partial charge is 0.240 e. The molecule has 0 radical (unpaired) electrons. The lowest BCUT2D eigenvalue weighted by molar-refractivity contribution is 0.588. The number of sulfonamides is 1. The number of hydrogen-bond acceptors (Lipinski definition) is 5. The Bertz CT molecular complexity index is 717. The van der Waals surface area contributed by atoms with Crippen LogP contribution in [0.15, 0.2) is 47.6 Å². The fourth-order valence-corrected chi connectivity index (χ4v) is 2.78. The Morgan fingerprint density at radius 1 is 1.24 bits per heavy atom. The molecule has 0 amide bonds. The van der Waals surface area contributed by atoms with Crippen LogP contribution in [0.5, 0.6) is 0 Å². The molecule has 1 heterocycles. The quantitative estimate of drug-likeness (QED) is 0.811. The van der Waals surface area contributed by atoms with Gasteiger partial charge >= 0.3 is 0 Å². The Balaban J connectivity index is 2.25. The molecule has 0 unspecified atom stereocenters. The number of benzene rings is 1. The predicted molar refractivity (Wildman–Crippen MR) is 83.4 cm³/mol. The number of nitrogen functional groups attached to an aromatic ring is 1. The minimum Gasteiger partial charge on any atom is -0.397 e. The van der Waals surface area contributed by atoms with Crippen LogP contribution in [-0.2, 0) is 16.6 Å². The van der Waals surface area contributed by atoms with Crippen LogP contribution in [0, 0.1) is 0 Å². The molecule has 0 bridgehead atoms. The molecule has 1 aromatic carbocycles. The summed E-state index contributed by atoms with van der Waals surface area (Å²) < 4.78 is 25.7. The lowest BCUT2D eigenvalue weighted by Crippen LogP contribution is -2.20. The number of anilines is 2. The monoisotopic (exact) mass is 306 g/mol. The second-order valence-corrected chi connectivity index (χ2v) is 6.53. The van der Waals surface area contributed by atoms with Crippen molar-refractivity contribution >= 4 is 21.4 Å². The van der Waals surface area contributed by atoms with E-state index in [1.54, 1.807) is 24.5 Å². The normalized spacial score (nSPS) is 11.3. The predicted octanol–water partition coefficient (Wildman–Crippen LogP) is 1.21. The molecule has 0 saturated carbocycles. The van der Waals surface area contributed by atoms with Crippen molar-refractivity contribution in [1.82, 2.24) is 9.71 Å². The van der Waals surface area contributed by atoms with Crippen LogP contribution in [0.4, 0.5) is 11.4 Å². The lowest BCUT2D eigenvalue weighted by Gasteiger charge is -2.21. The van der Waals surface area contributed by atoms with Gasteiger partial charge in [-0.25, -0.2) is 13.1 Å². The second-order valence-electron chi connectivity index (χ2n) is 4.64. The van der Waals surface area contributed by atoms with Gasteiger partial charge in [-0.2, -0.15) is 0 Å². The maximum atomic E-state index is 11.7. The minimum absolute atomic E-state index is 0.156. The van der Waals surface area contributed by atoms with Crippen molar-refractivity contribution in [3.63, 3.8) is 0 Å². The van der Waals surface area contributed by atoms with E-state index < -0.39 is 10.0 Å². The van der Waals surface area contributed by atoms with Gasteiger partial charge in [0.25, 0.3) is 0 Å². The average molecular weight is 306 g/mol. The van der Waals surface area contributed by atoms with E-state index in [0.29, 0.717) is 12.2 Å². The van der Waals surface area contributed by atoms with Crippen molar-refractivity contribution in [2.75, 3.05) is 24.7 Å². The standard InChI is InChI=1S/C14H18N4O2S/c1-16-21(19,20)12-3-4-14(13(15)9-12)18(2)10-11-5-7-17-8-6-11/h3-9,16H,10,15H2,1-2H3. The largest absolute Gasteiger partial charge is 0.397 e. The second kappa shape index (κ2) is 6.11. The third kappa shape index (κ3) is 3.50. The van der Waals surface area contributed by atoms with Gasteiger partial charge < -0.3 is 10.6 Å². The molecule has 1 aromatic heterocycles. The van der Waals surface area contributed by atoms with Crippen LogP contribution >= 0.6 is 0 Å². The maximum Gasteiger partial charge on any atom is 0.240 e. The van der Waals surface area contributed by atoms with E-state index >= 15 is 0 Å². The van der Waals surface area contributed by atoms with Gasteiger partial charge in [-0.3, -0.25) is 4.98 Å². The molecule has 0 aliphatic carbocycles. The SMILES string of the molecule is CNS(=O)(=O)c1ccc(N(C)Cc2ccncc2)c(N)c1. The van der Waals surface area contributed by atoms with E-state index in [1.165, 1.54) is 13.1 Å². The molecule has 0 aliphatic rings. The first-order chi connectivity index (χ1) is 9.94. The molecule has 0 fully saturated rings. The van der Waals surface area contributed by atoms with Gasteiger partial charge in [0, 0.05) is 26.0 Å². The van der Waals surface area contributed by atoms with Crippen molar-refractivity contribution in [3.05, 3.63) is 48.3 Å². The molecular weight excluding hydrogens is 288 g/mol. The van der Waals surface area contributed by atoms with E-state index in [2.05, 4.69) is 9.71 Å². The van der Waals surface area contributed by atoms with Crippen LogP contribution in [0.3, 0.4) is 0 Å². The molecular formula is C14H18N4O2S. The van der Waals surface area contributed by atoms with Crippen molar-refractivity contribution in [2.24, 2.45) is 0 Å². The summed E-state index contributed by atoms with van der Waals surface area (Å²) in [6.45, 7) is 0.658. The summed E-state index contributed by atoms with van der Waals surface area (Å²) in [5.41, 5.74) is 8.28. The van der Waals surface area contributed by atoms with Crippen LogP contribution in [0.1, 0.15) is 5.56 Å². The highest BCUT2D eigenvalue weighted by Crippen LogP contribution is 2.26. The zero-order chi connectivity index (χ0) is 15.5. The number of rotatable bonds is 5. The molecule has 0 atom stereocenters. The molecule has 0 aliphatic heterocycles. The van der Waals surface area contributed by atoms with E-state index in [-0.39, 0.29) is 4.90 Å². The van der Waals surface area contributed by atoms with Crippen molar-refractivity contribution in [2.45, 2.75) is 11.4 Å². The van der Waals surface area contributed by atoms with Gasteiger partial charge in [0.1, 0.15) is 0 Å². The summed E-state index contributed by atoms with van der Waals surface area (Å²) in [7, 11) is -0.208. The number of nitrogens with two attached hydrogens (primary N) is 1. The Hall–Kier alpha value is -2.12. The molecule has 2 rings (SSSR count). The Labute approximate surface area is 124 Å². The van der Waals surface area contributed by atoms with Crippen LogP contribution in [0.25, 0.3) is 0 Å². The van der Waals surface area contributed by atoms with Crippen molar-refractivity contribution in [3.8, 4) is 0 Å². The zero-order valence-corrected chi connectivity index (χ0v) is 12.8. The first-order valence-corrected chi connectivity index (χ1v) is 7.85. The van der Waals surface area contributed by atoms with Crippen molar-refractivity contribution < 1.29 is 8.42 Å². The minimum atomic E-state index is -3.48. The van der Waals surface area contributed by atoms with Crippen molar-refractivity contribution in [1.29, 1.82) is 0 Å².